The van der Waals surface area contributed by atoms with E-state index in [1.54, 1.807) is 5.57 Å². The minimum Gasteiger partial charge on any atom is -0.387 e. The van der Waals surface area contributed by atoms with Gasteiger partial charge >= 0.3 is 0 Å². The van der Waals surface area contributed by atoms with E-state index in [1.807, 2.05) is 6.92 Å². The van der Waals surface area contributed by atoms with E-state index in [-0.39, 0.29) is 0 Å². The number of hydrogen-bond acceptors (Lipinski definition) is 1. The van der Waals surface area contributed by atoms with Gasteiger partial charge in [-0.25, -0.2) is 0 Å². The third kappa shape index (κ3) is 9.47. The molecule has 19 heavy (non-hydrogen) atoms. The largest absolute Gasteiger partial charge is 0.387 e. The number of alkyl halides is 1. The normalized spacial score (nSPS) is 16.8. The molecule has 112 valence electrons. The molecule has 2 N–H and O–H groups in total. The minimum atomic E-state index is 0.406. The van der Waals surface area contributed by atoms with Crippen molar-refractivity contribution in [3.05, 3.63) is 11.6 Å². The smallest absolute Gasteiger partial charge is 0.0971 e. The molecule has 0 aromatic heterocycles. The summed E-state index contributed by atoms with van der Waals surface area (Å²) in [6.07, 6.45) is 6.87. The molecule has 2 atom stereocenters. The Kier molecular flexibility index (Phi) is 10.7. The van der Waals surface area contributed by atoms with Gasteiger partial charge in [-0.3, -0.25) is 4.99 Å². The Morgan fingerprint density at radius 2 is 1.84 bits per heavy atom. The Morgan fingerprint density at radius 1 is 1.21 bits per heavy atom. The average molecular weight is 378 g/mol. The van der Waals surface area contributed by atoms with Crippen LogP contribution in [0.3, 0.4) is 0 Å². The van der Waals surface area contributed by atoms with Gasteiger partial charge in [0.2, 0.25) is 0 Å². The molecule has 1 unspecified atom stereocenters. The van der Waals surface area contributed by atoms with Gasteiger partial charge in [0.25, 0.3) is 0 Å². The highest BCUT2D eigenvalue weighted by Gasteiger charge is 2.18. The van der Waals surface area contributed by atoms with Gasteiger partial charge in [-0.2, -0.15) is 0 Å². The number of hydrogen-bond donors (Lipinski definition) is 1. The Morgan fingerprint density at radius 3 is 2.26 bits per heavy atom. The molecule has 0 aliphatic carbocycles. The lowest BCUT2D eigenvalue weighted by Gasteiger charge is -2.21. The number of amidine groups is 1. The van der Waals surface area contributed by atoms with E-state index in [2.05, 4.69) is 61.4 Å². The van der Waals surface area contributed by atoms with Crippen molar-refractivity contribution in [3.63, 3.8) is 0 Å². The van der Waals surface area contributed by atoms with Gasteiger partial charge in [0.15, 0.2) is 0 Å². The van der Waals surface area contributed by atoms with Gasteiger partial charge < -0.3 is 5.73 Å². The number of nitrogens with zero attached hydrogens (tertiary/aromatic N) is 1. The van der Waals surface area contributed by atoms with Crippen molar-refractivity contribution in [3.8, 4) is 0 Å². The molecule has 0 bridgehead atoms. The standard InChI is InChI=1S/C16H31IN2/c1-6-8-14(9-12(3)4)11-15(10-13(5)17)16(18)19-7-2/h8,12-13,15H,6-7,9-11H2,1-5H3,(H2,18,19)/b14-8-/t13-,15?/m0/s1. The van der Waals surface area contributed by atoms with Crippen LogP contribution in [0.25, 0.3) is 0 Å². The summed E-state index contributed by atoms with van der Waals surface area (Å²) in [4.78, 5) is 4.43. The van der Waals surface area contributed by atoms with Crippen LogP contribution in [0.2, 0.25) is 0 Å². The lowest BCUT2D eigenvalue weighted by atomic mass is 9.89. The third-order valence-electron chi connectivity index (χ3n) is 3.04. The van der Waals surface area contributed by atoms with Gasteiger partial charge in [0.05, 0.1) is 5.84 Å². The SMILES string of the molecule is CC/C=C(/CC(C)C)CC(C[C@H](C)I)C(N)=NCC. The van der Waals surface area contributed by atoms with Crippen molar-refractivity contribution in [2.45, 2.75) is 64.2 Å². The quantitative estimate of drug-likeness (QED) is 0.199. The zero-order chi connectivity index (χ0) is 14.8. The molecular formula is C16H31IN2. The van der Waals surface area contributed by atoms with E-state index in [0.717, 1.165) is 31.6 Å². The summed E-state index contributed by atoms with van der Waals surface area (Å²) in [5, 5.41) is 0. The fourth-order valence-electron chi connectivity index (χ4n) is 2.39. The van der Waals surface area contributed by atoms with Crippen LogP contribution in [0.5, 0.6) is 0 Å². The van der Waals surface area contributed by atoms with Crippen LogP contribution in [0.15, 0.2) is 16.6 Å². The van der Waals surface area contributed by atoms with E-state index in [0.29, 0.717) is 15.8 Å². The van der Waals surface area contributed by atoms with E-state index in [4.69, 9.17) is 5.73 Å². The second kappa shape index (κ2) is 10.7. The number of halogens is 1. The summed E-state index contributed by atoms with van der Waals surface area (Å²) >= 11 is 2.48. The molecule has 0 rings (SSSR count). The zero-order valence-electron chi connectivity index (χ0n) is 13.2. The van der Waals surface area contributed by atoms with Gasteiger partial charge in [0, 0.05) is 16.4 Å². The van der Waals surface area contributed by atoms with E-state index >= 15 is 0 Å². The molecule has 0 heterocycles. The first kappa shape index (κ1) is 18.9. The second-order valence-electron chi connectivity index (χ2n) is 5.69. The maximum atomic E-state index is 6.17. The average Bonchev–Trinajstić information content (AvgIpc) is 2.27. The zero-order valence-corrected chi connectivity index (χ0v) is 15.4. The van der Waals surface area contributed by atoms with Gasteiger partial charge in [-0.1, -0.05) is 61.9 Å². The van der Waals surface area contributed by atoms with E-state index in [9.17, 15) is 0 Å². The highest BCUT2D eigenvalue weighted by Crippen LogP contribution is 2.25. The topological polar surface area (TPSA) is 38.4 Å². The van der Waals surface area contributed by atoms with Crippen LogP contribution in [0.4, 0.5) is 0 Å². The van der Waals surface area contributed by atoms with Crippen molar-refractivity contribution in [1.82, 2.24) is 0 Å². The van der Waals surface area contributed by atoms with Crippen LogP contribution >= 0.6 is 22.6 Å². The van der Waals surface area contributed by atoms with Crippen LogP contribution in [-0.4, -0.2) is 16.3 Å². The van der Waals surface area contributed by atoms with E-state index in [1.165, 1.54) is 6.42 Å². The molecule has 0 aliphatic rings. The molecule has 0 fully saturated rings. The van der Waals surface area contributed by atoms with Crippen LogP contribution in [0.1, 0.15) is 60.3 Å². The Labute approximate surface area is 133 Å². The summed E-state index contributed by atoms with van der Waals surface area (Å²) in [6, 6.07) is 0. The second-order valence-corrected chi connectivity index (χ2v) is 7.81. The fourth-order valence-corrected chi connectivity index (χ4v) is 3.01. The van der Waals surface area contributed by atoms with Gasteiger partial charge in [-0.15, -0.1) is 0 Å². The molecular weight excluding hydrogens is 347 g/mol. The van der Waals surface area contributed by atoms with Crippen LogP contribution in [0, 0.1) is 11.8 Å². The fraction of sp³-hybridized carbons (Fsp3) is 0.812. The number of nitrogens with two attached hydrogens (primary N) is 1. The molecule has 0 saturated heterocycles. The third-order valence-corrected chi connectivity index (χ3v) is 3.55. The molecule has 0 aliphatic heterocycles. The molecule has 3 heteroatoms. The van der Waals surface area contributed by atoms with Crippen LogP contribution < -0.4 is 5.73 Å². The van der Waals surface area contributed by atoms with Crippen molar-refractivity contribution in [1.29, 1.82) is 0 Å². The first-order valence-electron chi connectivity index (χ1n) is 7.52. The lowest BCUT2D eigenvalue weighted by molar-refractivity contribution is 0.564. The molecule has 0 aromatic carbocycles. The van der Waals surface area contributed by atoms with Gasteiger partial charge in [0.1, 0.15) is 0 Å². The minimum absolute atomic E-state index is 0.406. The van der Waals surface area contributed by atoms with Gasteiger partial charge in [-0.05, 0) is 38.5 Å². The molecule has 0 amide bonds. The molecule has 0 radical (unpaired) electrons. The summed E-state index contributed by atoms with van der Waals surface area (Å²) in [7, 11) is 0. The summed E-state index contributed by atoms with van der Waals surface area (Å²) < 4.78 is 0.634. The van der Waals surface area contributed by atoms with Crippen molar-refractivity contribution in [2.75, 3.05) is 6.54 Å². The molecule has 0 saturated carbocycles. The Hall–Kier alpha value is -0.0600. The number of allylic oxidation sites excluding steroid dienone is 2. The van der Waals surface area contributed by atoms with Crippen molar-refractivity contribution in [2.24, 2.45) is 22.6 Å². The predicted octanol–water partition coefficient (Wildman–Crippen LogP) is 4.97. The molecule has 2 nitrogen and oxygen atoms in total. The first-order valence-corrected chi connectivity index (χ1v) is 8.76. The summed E-state index contributed by atoms with van der Waals surface area (Å²) in [5.41, 5.74) is 7.72. The lowest BCUT2D eigenvalue weighted by Crippen LogP contribution is -2.26. The van der Waals surface area contributed by atoms with Crippen molar-refractivity contribution < 1.29 is 0 Å². The maximum absolute atomic E-state index is 6.17. The Balaban J connectivity index is 4.84. The number of rotatable bonds is 9. The monoisotopic (exact) mass is 378 g/mol. The summed E-state index contributed by atoms with van der Waals surface area (Å²) in [5.74, 6) is 1.96. The Bertz CT molecular complexity index is 293. The molecule has 0 spiro atoms. The molecule has 0 aromatic rings. The first-order chi connectivity index (χ1) is 8.90. The summed E-state index contributed by atoms with van der Waals surface area (Å²) in [6.45, 7) is 11.9. The predicted molar refractivity (Wildman–Crippen MR) is 96.2 cm³/mol. The highest BCUT2D eigenvalue weighted by molar-refractivity contribution is 14.1. The van der Waals surface area contributed by atoms with Crippen molar-refractivity contribution >= 4 is 28.4 Å². The number of aliphatic imine (C=N–C) groups is 1. The van der Waals surface area contributed by atoms with Crippen LogP contribution in [-0.2, 0) is 0 Å². The van der Waals surface area contributed by atoms with E-state index < -0.39 is 0 Å². The highest BCUT2D eigenvalue weighted by atomic mass is 127. The maximum Gasteiger partial charge on any atom is 0.0971 e.